The Morgan fingerprint density at radius 1 is 1.18 bits per heavy atom. The van der Waals surface area contributed by atoms with E-state index in [1.165, 1.54) is 12.1 Å². The molecule has 0 atom stereocenters. The van der Waals surface area contributed by atoms with Crippen molar-refractivity contribution in [2.75, 3.05) is 6.54 Å². The minimum absolute atomic E-state index is 0.0435. The van der Waals surface area contributed by atoms with Crippen LogP contribution in [0.5, 0.6) is 0 Å². The van der Waals surface area contributed by atoms with Gasteiger partial charge in [-0.15, -0.1) is 0 Å². The molecule has 0 bridgehead atoms. The fraction of sp³-hybridized carbons (Fsp3) is 0.562. The minimum Gasteiger partial charge on any atom is -0.352 e. The Hall–Kier alpha value is -1.40. The van der Waals surface area contributed by atoms with Gasteiger partial charge in [0.2, 0.25) is 10.0 Å². The molecule has 1 amide bonds. The maximum absolute atomic E-state index is 12.3. The molecule has 6 heteroatoms. The summed E-state index contributed by atoms with van der Waals surface area (Å²) >= 11 is 0. The number of nitrogens with one attached hydrogen (secondary N) is 2. The maximum atomic E-state index is 12.3. The van der Waals surface area contributed by atoms with Crippen molar-refractivity contribution >= 4 is 15.9 Å². The van der Waals surface area contributed by atoms with E-state index in [2.05, 4.69) is 17.0 Å². The molecular formula is C16H24N2O3S. The van der Waals surface area contributed by atoms with Gasteiger partial charge in [0.15, 0.2) is 0 Å². The van der Waals surface area contributed by atoms with Crippen molar-refractivity contribution in [3.63, 3.8) is 0 Å². The van der Waals surface area contributed by atoms with Gasteiger partial charge in [-0.25, -0.2) is 13.1 Å². The highest BCUT2D eigenvalue weighted by atomic mass is 32.2. The molecular weight excluding hydrogens is 300 g/mol. The summed E-state index contributed by atoms with van der Waals surface area (Å²) in [5, 5.41) is 2.81. The van der Waals surface area contributed by atoms with Crippen molar-refractivity contribution in [1.82, 2.24) is 10.0 Å². The third-order valence-electron chi connectivity index (χ3n) is 3.92. The number of hydrogen-bond acceptors (Lipinski definition) is 3. The van der Waals surface area contributed by atoms with Crippen molar-refractivity contribution < 1.29 is 13.2 Å². The summed E-state index contributed by atoms with van der Waals surface area (Å²) in [4.78, 5) is 12.1. The number of unbranched alkanes of at least 4 members (excludes halogenated alkanes) is 1. The standard InChI is InChI=1S/C16H24N2O3S/c1-2-3-12-17-16(19)13-8-10-15(11-9-13)22(20,21)18-14-6-4-5-7-14/h8-11,14,18H,2-7,12H2,1H3,(H,17,19). The second-order valence-electron chi connectivity index (χ2n) is 5.74. The van der Waals surface area contributed by atoms with Crippen molar-refractivity contribution in [1.29, 1.82) is 0 Å². The third-order valence-corrected chi connectivity index (χ3v) is 5.46. The first kappa shape index (κ1) is 17.0. The highest BCUT2D eigenvalue weighted by molar-refractivity contribution is 7.89. The summed E-state index contributed by atoms with van der Waals surface area (Å²) in [7, 11) is -3.49. The van der Waals surface area contributed by atoms with E-state index in [0.29, 0.717) is 12.1 Å². The molecule has 1 aliphatic rings. The molecule has 0 radical (unpaired) electrons. The Labute approximate surface area is 132 Å². The summed E-state index contributed by atoms with van der Waals surface area (Å²) in [5.41, 5.74) is 0.482. The average Bonchev–Trinajstić information content (AvgIpc) is 3.00. The zero-order valence-electron chi connectivity index (χ0n) is 13.0. The normalized spacial score (nSPS) is 15.9. The van der Waals surface area contributed by atoms with E-state index in [4.69, 9.17) is 0 Å². The number of carbonyl (C=O) groups is 1. The lowest BCUT2D eigenvalue weighted by molar-refractivity contribution is 0.0953. The monoisotopic (exact) mass is 324 g/mol. The zero-order chi connectivity index (χ0) is 16.0. The molecule has 1 aromatic carbocycles. The van der Waals surface area contributed by atoms with Crippen LogP contribution >= 0.6 is 0 Å². The molecule has 0 heterocycles. The zero-order valence-corrected chi connectivity index (χ0v) is 13.8. The molecule has 1 aromatic rings. The lowest BCUT2D eigenvalue weighted by Crippen LogP contribution is -2.32. The summed E-state index contributed by atoms with van der Waals surface area (Å²) in [6.45, 7) is 2.70. The molecule has 0 aliphatic heterocycles. The van der Waals surface area contributed by atoms with Crippen LogP contribution in [0.4, 0.5) is 0 Å². The van der Waals surface area contributed by atoms with Gasteiger partial charge in [-0.3, -0.25) is 4.79 Å². The van der Waals surface area contributed by atoms with Crippen LogP contribution < -0.4 is 10.0 Å². The Kier molecular flexibility index (Phi) is 5.97. The van der Waals surface area contributed by atoms with Gasteiger partial charge < -0.3 is 5.32 Å². The molecule has 2 rings (SSSR count). The Balaban J connectivity index is 1.99. The van der Waals surface area contributed by atoms with Crippen molar-refractivity contribution in [3.05, 3.63) is 29.8 Å². The van der Waals surface area contributed by atoms with Crippen molar-refractivity contribution in [2.24, 2.45) is 0 Å². The summed E-state index contributed by atoms with van der Waals surface area (Å²) in [6.07, 6.45) is 5.90. The molecule has 5 nitrogen and oxygen atoms in total. The Morgan fingerprint density at radius 2 is 1.82 bits per heavy atom. The number of amides is 1. The first-order valence-electron chi connectivity index (χ1n) is 7.93. The number of carbonyl (C=O) groups excluding carboxylic acids is 1. The predicted molar refractivity (Wildman–Crippen MR) is 86.3 cm³/mol. The van der Waals surface area contributed by atoms with Crippen LogP contribution in [0.25, 0.3) is 0 Å². The average molecular weight is 324 g/mol. The van der Waals surface area contributed by atoms with Crippen molar-refractivity contribution in [3.8, 4) is 0 Å². The SMILES string of the molecule is CCCCNC(=O)c1ccc(S(=O)(=O)NC2CCCC2)cc1. The van der Waals surface area contributed by atoms with E-state index in [0.717, 1.165) is 38.5 Å². The van der Waals surface area contributed by atoms with Crippen LogP contribution in [-0.4, -0.2) is 26.9 Å². The van der Waals surface area contributed by atoms with Crippen LogP contribution in [-0.2, 0) is 10.0 Å². The number of hydrogen-bond donors (Lipinski definition) is 2. The molecule has 22 heavy (non-hydrogen) atoms. The second-order valence-corrected chi connectivity index (χ2v) is 7.45. The minimum atomic E-state index is -3.49. The van der Waals surface area contributed by atoms with E-state index in [1.807, 2.05) is 0 Å². The van der Waals surface area contributed by atoms with Gasteiger partial charge in [0.05, 0.1) is 4.90 Å². The third kappa shape index (κ3) is 4.55. The second kappa shape index (κ2) is 7.74. The van der Waals surface area contributed by atoms with Crippen LogP contribution in [0.1, 0.15) is 55.8 Å². The van der Waals surface area contributed by atoms with Gasteiger partial charge in [-0.2, -0.15) is 0 Å². The first-order valence-corrected chi connectivity index (χ1v) is 9.42. The largest absolute Gasteiger partial charge is 0.352 e. The van der Waals surface area contributed by atoms with E-state index in [1.54, 1.807) is 12.1 Å². The van der Waals surface area contributed by atoms with Crippen LogP contribution in [0.3, 0.4) is 0 Å². The Bertz CT molecular complexity index is 590. The smallest absolute Gasteiger partial charge is 0.251 e. The quantitative estimate of drug-likeness (QED) is 0.756. The fourth-order valence-electron chi connectivity index (χ4n) is 2.60. The number of sulfonamides is 1. The molecule has 122 valence electrons. The van der Waals surface area contributed by atoms with Gasteiger partial charge >= 0.3 is 0 Å². The summed E-state index contributed by atoms with van der Waals surface area (Å²) in [6, 6.07) is 6.15. The fourth-order valence-corrected chi connectivity index (χ4v) is 3.90. The van der Waals surface area contributed by atoms with Gasteiger partial charge in [0.1, 0.15) is 0 Å². The van der Waals surface area contributed by atoms with E-state index in [-0.39, 0.29) is 16.8 Å². The van der Waals surface area contributed by atoms with Gasteiger partial charge in [-0.1, -0.05) is 26.2 Å². The number of rotatable bonds is 7. The molecule has 2 N–H and O–H groups in total. The lowest BCUT2D eigenvalue weighted by atomic mass is 10.2. The highest BCUT2D eigenvalue weighted by Crippen LogP contribution is 2.20. The predicted octanol–water partition coefficient (Wildman–Crippen LogP) is 2.44. The Morgan fingerprint density at radius 3 is 2.41 bits per heavy atom. The molecule has 0 aromatic heterocycles. The molecule has 1 aliphatic carbocycles. The van der Waals surface area contributed by atoms with E-state index >= 15 is 0 Å². The molecule has 0 spiro atoms. The molecule has 1 fully saturated rings. The van der Waals surface area contributed by atoms with E-state index in [9.17, 15) is 13.2 Å². The van der Waals surface area contributed by atoms with E-state index < -0.39 is 10.0 Å². The lowest BCUT2D eigenvalue weighted by Gasteiger charge is -2.12. The molecule has 1 saturated carbocycles. The maximum Gasteiger partial charge on any atom is 0.251 e. The van der Waals surface area contributed by atoms with Gasteiger partial charge in [0.25, 0.3) is 5.91 Å². The highest BCUT2D eigenvalue weighted by Gasteiger charge is 2.22. The van der Waals surface area contributed by atoms with Gasteiger partial charge in [-0.05, 0) is 43.5 Å². The topological polar surface area (TPSA) is 75.3 Å². The van der Waals surface area contributed by atoms with Crippen molar-refractivity contribution in [2.45, 2.75) is 56.4 Å². The number of benzene rings is 1. The summed E-state index contributed by atoms with van der Waals surface area (Å²) < 4.78 is 27.3. The van der Waals surface area contributed by atoms with Crippen LogP contribution in [0.15, 0.2) is 29.2 Å². The molecule has 0 saturated heterocycles. The van der Waals surface area contributed by atoms with Gasteiger partial charge in [0, 0.05) is 18.2 Å². The molecule has 0 unspecified atom stereocenters. The van der Waals surface area contributed by atoms with Crippen LogP contribution in [0.2, 0.25) is 0 Å². The van der Waals surface area contributed by atoms with Crippen LogP contribution in [0, 0.1) is 0 Å². The summed E-state index contributed by atoms with van der Waals surface area (Å²) in [5.74, 6) is -0.166. The first-order chi connectivity index (χ1) is 10.5.